The van der Waals surface area contributed by atoms with Crippen molar-refractivity contribution >= 4 is 11.8 Å². The lowest BCUT2D eigenvalue weighted by Crippen LogP contribution is -2.39. The summed E-state index contributed by atoms with van der Waals surface area (Å²) in [5.74, 6) is -1.28. The third kappa shape index (κ3) is 5.02. The first kappa shape index (κ1) is 24.8. The number of hydrogen-bond donors (Lipinski definition) is 3. The molecule has 1 unspecified atom stereocenters. The van der Waals surface area contributed by atoms with Gasteiger partial charge >= 0.3 is 0 Å². The maximum atomic E-state index is 13.2. The van der Waals surface area contributed by atoms with Gasteiger partial charge in [0.05, 0.1) is 20.3 Å². The molecule has 1 atom stereocenters. The summed E-state index contributed by atoms with van der Waals surface area (Å²) in [5.41, 5.74) is 0.796. The van der Waals surface area contributed by atoms with Crippen molar-refractivity contribution < 1.29 is 29.3 Å². The number of likely N-dealkylation sites (tertiary alicyclic amines) is 1. The van der Waals surface area contributed by atoms with E-state index in [1.807, 2.05) is 6.07 Å². The molecule has 1 aliphatic rings. The molecular weight excluding hydrogens is 464 g/mol. The largest absolute Gasteiger partial charge is 0.501 e. The molecule has 2 amide bonds. The van der Waals surface area contributed by atoms with Crippen LogP contribution in [0.2, 0.25) is 0 Å². The van der Waals surface area contributed by atoms with Crippen LogP contribution in [0.3, 0.4) is 0 Å². The second-order valence-corrected chi connectivity index (χ2v) is 8.31. The molecule has 188 valence electrons. The van der Waals surface area contributed by atoms with Crippen LogP contribution in [0.25, 0.3) is 0 Å². The monoisotopic (exact) mass is 492 g/mol. The van der Waals surface area contributed by atoms with Crippen LogP contribution in [0.1, 0.15) is 57.5 Å². The normalized spacial score (nSPS) is 15.3. The molecule has 0 radical (unpaired) electrons. The highest BCUT2D eigenvalue weighted by Gasteiger charge is 2.33. The highest BCUT2D eigenvalue weighted by molar-refractivity contribution is 5.96. The minimum atomic E-state index is -0.731. The average molecular weight is 493 g/mol. The number of para-hydroxylation sites is 1. The number of aromatic hydroxyl groups is 2. The Bertz CT molecular complexity index is 1250. The summed E-state index contributed by atoms with van der Waals surface area (Å²) in [6, 6.07) is 13.6. The van der Waals surface area contributed by atoms with E-state index in [1.165, 1.54) is 14.2 Å². The molecule has 10 nitrogen and oxygen atoms in total. The second kappa shape index (κ2) is 10.9. The molecule has 0 spiro atoms. The van der Waals surface area contributed by atoms with E-state index in [1.54, 1.807) is 47.4 Å². The van der Waals surface area contributed by atoms with Crippen LogP contribution in [-0.4, -0.2) is 57.7 Å². The first-order valence-corrected chi connectivity index (χ1v) is 11.6. The van der Waals surface area contributed by atoms with Crippen molar-refractivity contribution in [3.8, 4) is 23.1 Å². The number of carbonyl (C=O) groups excluding carboxylic acids is 2. The Labute approximate surface area is 208 Å². The number of hydrogen-bond acceptors (Lipinski definition) is 8. The number of aromatic nitrogens is 2. The topological polar surface area (TPSA) is 134 Å². The number of nitrogens with one attached hydrogen (secondary N) is 1. The molecule has 10 heteroatoms. The zero-order valence-electron chi connectivity index (χ0n) is 20.1. The molecular formula is C26H28N4O6. The Morgan fingerprint density at radius 2 is 1.81 bits per heavy atom. The van der Waals surface area contributed by atoms with Crippen molar-refractivity contribution in [3.63, 3.8) is 0 Å². The van der Waals surface area contributed by atoms with Crippen LogP contribution in [-0.2, 0) is 6.54 Å². The second-order valence-electron chi connectivity index (χ2n) is 8.31. The number of ether oxygens (including phenoxy) is 2. The molecule has 3 aromatic rings. The van der Waals surface area contributed by atoms with Gasteiger partial charge in [0.2, 0.25) is 5.75 Å². The summed E-state index contributed by atoms with van der Waals surface area (Å²) < 4.78 is 10.7. The molecule has 1 saturated heterocycles. The van der Waals surface area contributed by atoms with Crippen molar-refractivity contribution in [1.29, 1.82) is 0 Å². The molecule has 2 heterocycles. The molecule has 2 aromatic carbocycles. The fourth-order valence-electron chi connectivity index (χ4n) is 4.31. The van der Waals surface area contributed by atoms with Crippen LogP contribution in [0, 0.1) is 0 Å². The van der Waals surface area contributed by atoms with Gasteiger partial charge in [-0.15, -0.1) is 0 Å². The lowest BCUT2D eigenvalue weighted by atomic mass is 9.99. The van der Waals surface area contributed by atoms with E-state index in [4.69, 9.17) is 9.47 Å². The first-order chi connectivity index (χ1) is 17.4. The molecule has 36 heavy (non-hydrogen) atoms. The summed E-state index contributed by atoms with van der Waals surface area (Å²) in [6.07, 6.45) is 2.20. The van der Waals surface area contributed by atoms with E-state index < -0.39 is 23.6 Å². The predicted octanol–water partition coefficient (Wildman–Crippen LogP) is 3.20. The minimum Gasteiger partial charge on any atom is -0.501 e. The molecule has 1 fully saturated rings. The van der Waals surface area contributed by atoms with Gasteiger partial charge in [-0.2, -0.15) is 4.98 Å². The summed E-state index contributed by atoms with van der Waals surface area (Å²) in [5, 5.41) is 23.4. The maximum Gasteiger partial charge on any atom is 0.274 e. The van der Waals surface area contributed by atoms with Gasteiger partial charge in [0.1, 0.15) is 0 Å². The van der Waals surface area contributed by atoms with Gasteiger partial charge in [-0.3, -0.25) is 9.59 Å². The van der Waals surface area contributed by atoms with E-state index in [-0.39, 0.29) is 24.0 Å². The van der Waals surface area contributed by atoms with Gasteiger partial charge in [-0.05, 0) is 37.5 Å². The average Bonchev–Trinajstić information content (AvgIpc) is 2.92. The van der Waals surface area contributed by atoms with Gasteiger partial charge in [0.15, 0.2) is 23.0 Å². The molecule has 1 aliphatic heterocycles. The third-order valence-electron chi connectivity index (χ3n) is 6.10. The lowest BCUT2D eigenvalue weighted by Gasteiger charge is -2.35. The SMILES string of the molecule is COc1cccc(CNC(=O)c2nc(C3CCCCN3C(=O)c3ccccc3)nc(O)c2O)c1OC. The van der Waals surface area contributed by atoms with Crippen molar-refractivity contribution in [2.45, 2.75) is 31.8 Å². The van der Waals surface area contributed by atoms with E-state index in [0.717, 1.165) is 12.8 Å². The third-order valence-corrected chi connectivity index (χ3v) is 6.10. The Hall–Kier alpha value is -4.34. The fraction of sp³-hybridized carbons (Fsp3) is 0.308. The number of rotatable bonds is 7. The van der Waals surface area contributed by atoms with E-state index in [0.29, 0.717) is 35.6 Å². The highest BCUT2D eigenvalue weighted by Crippen LogP contribution is 2.35. The molecule has 0 bridgehead atoms. The van der Waals surface area contributed by atoms with Gasteiger partial charge in [0.25, 0.3) is 17.7 Å². The number of carbonyl (C=O) groups is 2. The van der Waals surface area contributed by atoms with Crippen molar-refractivity contribution in [1.82, 2.24) is 20.2 Å². The van der Waals surface area contributed by atoms with Gasteiger partial charge in [0, 0.05) is 24.2 Å². The zero-order valence-corrected chi connectivity index (χ0v) is 20.1. The quantitative estimate of drug-likeness (QED) is 0.458. The number of piperidine rings is 1. The number of amides is 2. The number of benzene rings is 2. The summed E-state index contributed by atoms with van der Waals surface area (Å²) in [4.78, 5) is 36.1. The first-order valence-electron chi connectivity index (χ1n) is 11.6. The lowest BCUT2D eigenvalue weighted by molar-refractivity contribution is 0.0598. The van der Waals surface area contributed by atoms with Crippen LogP contribution < -0.4 is 14.8 Å². The van der Waals surface area contributed by atoms with Crippen molar-refractivity contribution in [2.24, 2.45) is 0 Å². The molecule has 0 aliphatic carbocycles. The Kier molecular flexibility index (Phi) is 7.53. The summed E-state index contributed by atoms with van der Waals surface area (Å²) in [7, 11) is 3.01. The van der Waals surface area contributed by atoms with Crippen molar-refractivity contribution in [3.05, 3.63) is 71.2 Å². The zero-order chi connectivity index (χ0) is 25.7. The molecule has 3 N–H and O–H groups in total. The van der Waals surface area contributed by atoms with E-state index in [2.05, 4.69) is 15.3 Å². The minimum absolute atomic E-state index is 0.0563. The van der Waals surface area contributed by atoms with Crippen LogP contribution in [0.4, 0.5) is 0 Å². The number of methoxy groups -OCH3 is 2. The smallest absolute Gasteiger partial charge is 0.274 e. The Morgan fingerprint density at radius 1 is 1.03 bits per heavy atom. The van der Waals surface area contributed by atoms with Gasteiger partial charge < -0.3 is 29.9 Å². The predicted molar refractivity (Wildman–Crippen MR) is 130 cm³/mol. The maximum absolute atomic E-state index is 13.2. The van der Waals surface area contributed by atoms with Crippen LogP contribution in [0.15, 0.2) is 48.5 Å². The van der Waals surface area contributed by atoms with Crippen molar-refractivity contribution in [2.75, 3.05) is 20.8 Å². The molecule has 0 saturated carbocycles. The Morgan fingerprint density at radius 3 is 2.53 bits per heavy atom. The summed E-state index contributed by atoms with van der Waals surface area (Å²) >= 11 is 0. The van der Waals surface area contributed by atoms with E-state index >= 15 is 0 Å². The van der Waals surface area contributed by atoms with Gasteiger partial charge in [-0.25, -0.2) is 4.98 Å². The van der Waals surface area contributed by atoms with E-state index in [9.17, 15) is 19.8 Å². The number of nitrogens with zero attached hydrogens (tertiary/aromatic N) is 3. The fourth-order valence-corrected chi connectivity index (χ4v) is 4.31. The van der Waals surface area contributed by atoms with Crippen LogP contribution in [0.5, 0.6) is 23.1 Å². The standard InChI is InChI=1S/C26H28N4O6/c1-35-19-13-8-11-17(22(19)36-2)15-27-24(32)20-21(31)25(33)29-23(28-20)18-12-6-7-14-30(18)26(34)16-9-4-3-5-10-16/h3-5,8-11,13,18,31H,6-7,12,14-15H2,1-2H3,(H,27,32)(H,28,29,33). The van der Waals surface area contributed by atoms with Gasteiger partial charge in [-0.1, -0.05) is 30.3 Å². The molecule has 4 rings (SSSR count). The van der Waals surface area contributed by atoms with Crippen LogP contribution >= 0.6 is 0 Å². The Balaban J connectivity index is 1.60. The highest BCUT2D eigenvalue weighted by atomic mass is 16.5. The molecule has 1 aromatic heterocycles. The summed E-state index contributed by atoms with van der Waals surface area (Å²) in [6.45, 7) is 0.543.